The average Bonchev–Trinajstić information content (AvgIpc) is 2.38. The summed E-state index contributed by atoms with van der Waals surface area (Å²) in [6.45, 7) is 0. The second-order valence-corrected chi connectivity index (χ2v) is 5.22. The number of rotatable bonds is 3. The molecule has 0 spiro atoms. The van der Waals surface area contributed by atoms with Gasteiger partial charge in [0.25, 0.3) is 0 Å². The minimum Gasteiger partial charge on any atom is -0.378 e. The number of pyridine rings is 1. The van der Waals surface area contributed by atoms with E-state index in [1.165, 1.54) is 11.3 Å². The first-order valence-corrected chi connectivity index (χ1v) is 6.80. The van der Waals surface area contributed by atoms with E-state index in [2.05, 4.69) is 75.0 Å². The molecule has 0 radical (unpaired) electrons. The van der Waals surface area contributed by atoms with Crippen LogP contribution in [0.15, 0.2) is 42.6 Å². The monoisotopic (exact) mass is 350 g/mol. The lowest BCUT2D eigenvalue weighted by molar-refractivity contribution is 1.13. The normalized spacial score (nSPS) is 10.8. The van der Waals surface area contributed by atoms with E-state index in [-0.39, 0.29) is 0 Å². The number of halogens is 1. The summed E-state index contributed by atoms with van der Waals surface area (Å²) in [5, 5.41) is 0. The summed E-state index contributed by atoms with van der Waals surface area (Å²) in [6.07, 6.45) is 6.02. The van der Waals surface area contributed by atoms with E-state index in [1.807, 2.05) is 26.4 Å². The first-order chi connectivity index (χ1) is 8.66. The van der Waals surface area contributed by atoms with Crippen LogP contribution in [0.1, 0.15) is 11.1 Å². The molecule has 0 amide bonds. The maximum atomic E-state index is 4.26. The van der Waals surface area contributed by atoms with Gasteiger partial charge in [-0.1, -0.05) is 30.4 Å². The number of nitrogens with zero attached hydrogens (tertiary/aromatic N) is 2. The molecule has 0 aliphatic heterocycles. The van der Waals surface area contributed by atoms with E-state index in [0.29, 0.717) is 0 Å². The molecule has 18 heavy (non-hydrogen) atoms. The molecule has 2 nitrogen and oxygen atoms in total. The molecule has 0 atom stereocenters. The molecule has 1 aromatic heterocycles. The van der Waals surface area contributed by atoms with Gasteiger partial charge in [-0.3, -0.25) is 0 Å². The van der Waals surface area contributed by atoms with Crippen molar-refractivity contribution in [1.29, 1.82) is 0 Å². The SMILES string of the molecule is CN(C)c1ccc(/C=C/c2cccnc2I)cc1. The molecule has 0 unspecified atom stereocenters. The molecule has 0 bridgehead atoms. The summed E-state index contributed by atoms with van der Waals surface area (Å²) in [5.74, 6) is 0. The Hall–Kier alpha value is -1.36. The van der Waals surface area contributed by atoms with Gasteiger partial charge in [-0.05, 0) is 46.4 Å². The molecular weight excluding hydrogens is 335 g/mol. The van der Waals surface area contributed by atoms with Crippen molar-refractivity contribution >= 4 is 40.4 Å². The predicted molar refractivity (Wildman–Crippen MR) is 86.7 cm³/mol. The van der Waals surface area contributed by atoms with Crippen LogP contribution in [0.5, 0.6) is 0 Å². The molecule has 0 saturated heterocycles. The van der Waals surface area contributed by atoms with E-state index in [1.54, 1.807) is 0 Å². The zero-order valence-corrected chi connectivity index (χ0v) is 12.6. The highest BCUT2D eigenvalue weighted by Crippen LogP contribution is 2.16. The van der Waals surface area contributed by atoms with Gasteiger partial charge < -0.3 is 4.90 Å². The van der Waals surface area contributed by atoms with Gasteiger partial charge in [-0.15, -0.1) is 0 Å². The molecule has 3 heteroatoms. The first kappa shape index (κ1) is 13.1. The zero-order chi connectivity index (χ0) is 13.0. The molecule has 0 fully saturated rings. The van der Waals surface area contributed by atoms with Gasteiger partial charge in [0, 0.05) is 31.5 Å². The van der Waals surface area contributed by atoms with Crippen LogP contribution in [0, 0.1) is 3.70 Å². The van der Waals surface area contributed by atoms with E-state index in [4.69, 9.17) is 0 Å². The molecule has 0 N–H and O–H groups in total. The quantitative estimate of drug-likeness (QED) is 0.616. The Labute approximate surface area is 121 Å². The second kappa shape index (κ2) is 6.00. The largest absolute Gasteiger partial charge is 0.378 e. The highest BCUT2D eigenvalue weighted by atomic mass is 127. The fourth-order valence-electron chi connectivity index (χ4n) is 1.59. The van der Waals surface area contributed by atoms with Crippen molar-refractivity contribution in [3.05, 3.63) is 57.4 Å². The summed E-state index contributed by atoms with van der Waals surface area (Å²) in [5.41, 5.74) is 3.55. The third-order valence-electron chi connectivity index (χ3n) is 2.65. The Bertz CT molecular complexity index is 545. The smallest absolute Gasteiger partial charge is 0.108 e. The number of hydrogen-bond donors (Lipinski definition) is 0. The lowest BCUT2D eigenvalue weighted by Crippen LogP contribution is -2.07. The minimum absolute atomic E-state index is 1.02. The van der Waals surface area contributed by atoms with E-state index < -0.39 is 0 Å². The Morgan fingerprint density at radius 2 is 1.78 bits per heavy atom. The van der Waals surface area contributed by atoms with Gasteiger partial charge in [0.1, 0.15) is 3.70 Å². The molecule has 0 aliphatic rings. The van der Waals surface area contributed by atoms with Crippen molar-refractivity contribution in [1.82, 2.24) is 4.98 Å². The molecule has 0 aliphatic carbocycles. The summed E-state index contributed by atoms with van der Waals surface area (Å²) >= 11 is 2.25. The fourth-order valence-corrected chi connectivity index (χ4v) is 2.11. The second-order valence-electron chi connectivity index (χ2n) is 4.20. The lowest BCUT2D eigenvalue weighted by Gasteiger charge is -2.11. The topological polar surface area (TPSA) is 16.1 Å². The van der Waals surface area contributed by atoms with Crippen LogP contribution in [0.2, 0.25) is 0 Å². The summed E-state index contributed by atoms with van der Waals surface area (Å²) in [6, 6.07) is 12.5. The maximum Gasteiger partial charge on any atom is 0.108 e. The molecule has 1 heterocycles. The number of anilines is 1. The van der Waals surface area contributed by atoms with Crippen molar-refractivity contribution in [3.8, 4) is 0 Å². The predicted octanol–water partition coefficient (Wildman–Crippen LogP) is 3.92. The van der Waals surface area contributed by atoms with Crippen LogP contribution in [0.25, 0.3) is 12.2 Å². The summed E-state index contributed by atoms with van der Waals surface area (Å²) in [4.78, 5) is 6.35. The number of aromatic nitrogens is 1. The molecule has 92 valence electrons. The van der Waals surface area contributed by atoms with E-state index in [9.17, 15) is 0 Å². The molecule has 2 rings (SSSR count). The van der Waals surface area contributed by atoms with Crippen LogP contribution in [-0.4, -0.2) is 19.1 Å². The van der Waals surface area contributed by atoms with Crippen LogP contribution >= 0.6 is 22.6 Å². The number of hydrogen-bond acceptors (Lipinski definition) is 2. The highest BCUT2D eigenvalue weighted by Gasteiger charge is 1.96. The van der Waals surface area contributed by atoms with Crippen molar-refractivity contribution in [2.75, 3.05) is 19.0 Å². The van der Waals surface area contributed by atoms with Crippen LogP contribution < -0.4 is 4.90 Å². The molecule has 2 aromatic rings. The summed E-state index contributed by atoms with van der Waals surface area (Å²) < 4.78 is 1.02. The zero-order valence-electron chi connectivity index (χ0n) is 10.5. The standard InChI is InChI=1S/C15H15IN2/c1-18(2)14-9-6-12(7-10-14)5-8-13-4-3-11-17-15(13)16/h3-11H,1-2H3/b8-5+. The lowest BCUT2D eigenvalue weighted by atomic mass is 10.1. The van der Waals surface area contributed by atoms with Gasteiger partial charge in [0.15, 0.2) is 0 Å². The van der Waals surface area contributed by atoms with Gasteiger partial charge in [0.05, 0.1) is 0 Å². The maximum absolute atomic E-state index is 4.26. The first-order valence-electron chi connectivity index (χ1n) is 5.73. The van der Waals surface area contributed by atoms with E-state index in [0.717, 1.165) is 9.26 Å². The van der Waals surface area contributed by atoms with Crippen molar-refractivity contribution in [3.63, 3.8) is 0 Å². The van der Waals surface area contributed by atoms with Gasteiger partial charge in [-0.2, -0.15) is 0 Å². The van der Waals surface area contributed by atoms with Gasteiger partial charge >= 0.3 is 0 Å². The fraction of sp³-hybridized carbons (Fsp3) is 0.133. The third kappa shape index (κ3) is 3.32. The minimum atomic E-state index is 1.02. The molecular formula is C15H15IN2. The van der Waals surface area contributed by atoms with Crippen molar-refractivity contribution < 1.29 is 0 Å². The Balaban J connectivity index is 2.17. The van der Waals surface area contributed by atoms with E-state index >= 15 is 0 Å². The van der Waals surface area contributed by atoms with Crippen molar-refractivity contribution in [2.45, 2.75) is 0 Å². The Morgan fingerprint density at radius 1 is 1.06 bits per heavy atom. The van der Waals surface area contributed by atoms with Crippen LogP contribution in [0.3, 0.4) is 0 Å². The van der Waals surface area contributed by atoms with Gasteiger partial charge in [0.2, 0.25) is 0 Å². The Morgan fingerprint density at radius 3 is 2.39 bits per heavy atom. The van der Waals surface area contributed by atoms with Crippen LogP contribution in [-0.2, 0) is 0 Å². The van der Waals surface area contributed by atoms with Crippen molar-refractivity contribution in [2.24, 2.45) is 0 Å². The van der Waals surface area contributed by atoms with Crippen LogP contribution in [0.4, 0.5) is 5.69 Å². The summed E-state index contributed by atoms with van der Waals surface area (Å²) in [7, 11) is 4.09. The molecule has 1 aromatic carbocycles. The molecule has 0 saturated carbocycles. The Kier molecular flexibility index (Phi) is 4.36. The highest BCUT2D eigenvalue weighted by molar-refractivity contribution is 14.1. The number of benzene rings is 1. The van der Waals surface area contributed by atoms with Gasteiger partial charge in [-0.25, -0.2) is 4.98 Å². The third-order valence-corrected chi connectivity index (χ3v) is 3.55. The average molecular weight is 350 g/mol.